The maximum absolute atomic E-state index is 13.1. The first kappa shape index (κ1) is 55.8. The van der Waals surface area contributed by atoms with Gasteiger partial charge in [-0.2, -0.15) is 0 Å². The van der Waals surface area contributed by atoms with Gasteiger partial charge in [-0.1, -0.05) is 231 Å². The molecule has 9 heteroatoms. The highest BCUT2D eigenvalue weighted by Gasteiger charge is 2.76. The molecule has 10 aromatic carbocycles. The van der Waals surface area contributed by atoms with Gasteiger partial charge in [0.25, 0.3) is 0 Å². The summed E-state index contributed by atoms with van der Waals surface area (Å²) in [6.07, 6.45) is 6.18. The molecule has 0 radical (unpaired) electrons. The molecule has 83 heavy (non-hydrogen) atoms. The summed E-state index contributed by atoms with van der Waals surface area (Å²) in [6, 6.07) is 69.7. The van der Waals surface area contributed by atoms with Crippen LogP contribution in [0.1, 0.15) is 55.6 Å². The van der Waals surface area contributed by atoms with E-state index < -0.39 is 32.9 Å². The lowest BCUT2D eigenvalue weighted by Gasteiger charge is -2.67. The number of phenols is 8. The van der Waals surface area contributed by atoms with Gasteiger partial charge >= 0.3 is 0 Å². The van der Waals surface area contributed by atoms with Gasteiger partial charge in [-0.15, -0.1) is 26.3 Å². The largest absolute Gasteiger partial charge is 0.508 e. The maximum Gasteiger partial charge on any atom is 0.129 e. The van der Waals surface area contributed by atoms with E-state index in [1.165, 1.54) is 48.5 Å². The van der Waals surface area contributed by atoms with E-state index in [1.54, 1.807) is 231 Å². The lowest BCUT2D eigenvalue weighted by molar-refractivity contribution is -0.247. The highest BCUT2D eigenvalue weighted by atomic mass is 16.5. The van der Waals surface area contributed by atoms with Crippen LogP contribution in [0.5, 0.6) is 46.0 Å². The molecule has 0 aliphatic carbocycles. The van der Waals surface area contributed by atoms with Gasteiger partial charge in [0.2, 0.25) is 0 Å². The molecule has 0 fully saturated rings. The van der Waals surface area contributed by atoms with Crippen LogP contribution in [-0.2, 0) is 37.6 Å². The van der Waals surface area contributed by atoms with Gasteiger partial charge in [0.05, 0.1) is 21.7 Å². The Labute approximate surface area is 483 Å². The third-order valence-electron chi connectivity index (χ3n) is 16.7. The predicted octanol–water partition coefficient (Wildman–Crippen LogP) is 15.1. The van der Waals surface area contributed by atoms with Crippen LogP contribution < -0.4 is 0 Å². The molecule has 0 spiro atoms. The number of rotatable bonds is 20. The highest BCUT2D eigenvalue weighted by Crippen LogP contribution is 2.74. The van der Waals surface area contributed by atoms with Crippen LogP contribution in [0.25, 0.3) is 0 Å². The van der Waals surface area contributed by atoms with Gasteiger partial charge in [0, 0.05) is 44.5 Å². The summed E-state index contributed by atoms with van der Waals surface area (Å²) in [7, 11) is 0. The minimum Gasteiger partial charge on any atom is -0.508 e. The van der Waals surface area contributed by atoms with E-state index in [4.69, 9.17) is 26.3 Å². The SMILES string of the molecule is C=CC(c1ccccc1O)(c1ccccc1O)C(OC(c1ccccc1)(C(C=C)(c1ccccc1O)c1ccccc1O)C(C=C)(c1ccccc1O)c1ccccc1O)(c1ccccc1)C(C=C)(c1ccccc1O)c1ccccc1O. The van der Waals surface area contributed by atoms with Gasteiger partial charge in [0.1, 0.15) is 57.2 Å². The number of aromatic hydroxyl groups is 8. The van der Waals surface area contributed by atoms with Crippen molar-refractivity contribution >= 4 is 0 Å². The van der Waals surface area contributed by atoms with Crippen LogP contribution in [0.2, 0.25) is 0 Å². The second-order valence-corrected chi connectivity index (χ2v) is 20.4. The highest BCUT2D eigenvalue weighted by molar-refractivity contribution is 5.72. The summed E-state index contributed by atoms with van der Waals surface area (Å²) >= 11 is 0. The number of phenolic OH excluding ortho intramolecular Hbond substituents is 8. The topological polar surface area (TPSA) is 171 Å². The van der Waals surface area contributed by atoms with E-state index in [9.17, 15) is 45.6 Å². The van der Waals surface area contributed by atoms with E-state index in [-0.39, 0.29) is 102 Å². The Morgan fingerprint density at radius 1 is 0.217 bits per heavy atom. The van der Waals surface area contributed by atoms with Crippen molar-refractivity contribution in [3.8, 4) is 46.0 Å². The summed E-state index contributed by atoms with van der Waals surface area (Å²) in [6.45, 7) is 18.9. The predicted molar refractivity (Wildman–Crippen MR) is 326 cm³/mol. The van der Waals surface area contributed by atoms with Crippen LogP contribution in [0, 0.1) is 0 Å². The molecule has 0 atom stereocenters. The van der Waals surface area contributed by atoms with Crippen LogP contribution in [0.3, 0.4) is 0 Å². The molecule has 10 rings (SSSR count). The molecule has 0 aliphatic heterocycles. The van der Waals surface area contributed by atoms with Crippen molar-refractivity contribution in [1.82, 2.24) is 0 Å². The standard InChI is InChI=1S/C74H62O9/c1-5-69(53-35-15-23-43-61(53)75,54-36-16-24-44-62(54)76)73(51-31-11-9-12-32-51,70(6-2,55-37-17-25-45-63(55)77)56-38-18-26-46-64(56)78)83-74(52-33-13-10-14-34-52,71(7-3,57-39-19-27-47-65(57)79)58-40-20-28-48-66(58)80)72(8-4,59-41-21-29-49-67(59)81)60-42-22-30-50-68(60)82/h5-50,75-82H,1-4H2. The minimum absolute atomic E-state index is 0.0584. The Balaban J connectivity index is 1.71. The zero-order valence-electron chi connectivity index (χ0n) is 45.4. The zero-order chi connectivity index (χ0) is 58.6. The van der Waals surface area contributed by atoms with Gasteiger partial charge in [0.15, 0.2) is 0 Å². The van der Waals surface area contributed by atoms with E-state index >= 15 is 0 Å². The fraction of sp³-hybridized carbons (Fsp3) is 0.0811. The van der Waals surface area contributed by atoms with Crippen molar-refractivity contribution in [3.05, 3.63) is 361 Å². The van der Waals surface area contributed by atoms with Gasteiger partial charge in [-0.25, -0.2) is 0 Å². The fourth-order valence-electron chi connectivity index (χ4n) is 13.6. The van der Waals surface area contributed by atoms with Crippen molar-refractivity contribution in [1.29, 1.82) is 0 Å². The maximum atomic E-state index is 13.1. The second-order valence-electron chi connectivity index (χ2n) is 20.4. The molecule has 412 valence electrons. The first-order valence-electron chi connectivity index (χ1n) is 26.9. The Bertz CT molecular complexity index is 3360. The third kappa shape index (κ3) is 8.03. The van der Waals surface area contributed by atoms with Crippen LogP contribution >= 0.6 is 0 Å². The minimum atomic E-state index is -2.71. The Morgan fingerprint density at radius 2 is 0.361 bits per heavy atom. The normalized spacial score (nSPS) is 12.2. The Morgan fingerprint density at radius 3 is 0.506 bits per heavy atom. The van der Waals surface area contributed by atoms with Crippen LogP contribution in [-0.4, -0.2) is 40.9 Å². The number of para-hydroxylation sites is 8. The lowest BCUT2D eigenvalue weighted by atomic mass is 9.44. The molecule has 0 bridgehead atoms. The summed E-state index contributed by atoms with van der Waals surface area (Å²) in [4.78, 5) is 0. The molecule has 10 aromatic rings. The molecule has 0 unspecified atom stereocenters. The quantitative estimate of drug-likeness (QED) is 0.0346. The Kier molecular flexibility index (Phi) is 14.9. The smallest absolute Gasteiger partial charge is 0.129 e. The molecule has 9 nitrogen and oxygen atoms in total. The third-order valence-corrected chi connectivity index (χ3v) is 16.7. The average Bonchev–Trinajstić information content (AvgIpc) is 0.719. The molecule has 0 aromatic heterocycles. The number of benzene rings is 10. The molecule has 0 saturated carbocycles. The molecular weight excluding hydrogens is 1030 g/mol. The Hall–Kier alpha value is -10.5. The molecule has 8 N–H and O–H groups in total. The first-order valence-corrected chi connectivity index (χ1v) is 26.9. The van der Waals surface area contributed by atoms with Crippen molar-refractivity contribution in [2.24, 2.45) is 0 Å². The number of hydrogen-bond donors (Lipinski definition) is 8. The van der Waals surface area contributed by atoms with Crippen molar-refractivity contribution in [2.45, 2.75) is 32.9 Å². The van der Waals surface area contributed by atoms with E-state index in [0.717, 1.165) is 0 Å². The molecule has 0 amide bonds. The van der Waals surface area contributed by atoms with Crippen molar-refractivity contribution < 1.29 is 45.6 Å². The summed E-state index contributed by atoms with van der Waals surface area (Å²) in [5.74, 6) is -2.63. The van der Waals surface area contributed by atoms with Crippen LogP contribution in [0.15, 0.2) is 305 Å². The van der Waals surface area contributed by atoms with Gasteiger partial charge < -0.3 is 45.6 Å². The molecular formula is C74H62O9. The number of hydrogen-bond acceptors (Lipinski definition) is 9. The van der Waals surface area contributed by atoms with Gasteiger partial charge in [-0.05, 0) is 59.7 Å². The molecule has 0 aliphatic rings. The summed E-state index contributed by atoms with van der Waals surface area (Å²) in [5.41, 5.74) is -13.9. The van der Waals surface area contributed by atoms with Crippen molar-refractivity contribution in [3.63, 3.8) is 0 Å². The van der Waals surface area contributed by atoms with Gasteiger partial charge in [-0.3, -0.25) is 0 Å². The zero-order valence-corrected chi connectivity index (χ0v) is 45.4. The molecule has 0 saturated heterocycles. The summed E-state index contributed by atoms with van der Waals surface area (Å²) in [5, 5.41) is 105. The van der Waals surface area contributed by atoms with Crippen molar-refractivity contribution in [2.75, 3.05) is 0 Å². The van der Waals surface area contributed by atoms with E-state index in [1.807, 2.05) is 0 Å². The summed E-state index contributed by atoms with van der Waals surface area (Å²) < 4.78 is 9.53. The molecule has 0 heterocycles. The average molecular weight is 1100 g/mol. The lowest BCUT2D eigenvalue weighted by Crippen LogP contribution is -2.71. The fourth-order valence-corrected chi connectivity index (χ4v) is 13.6. The first-order chi connectivity index (χ1) is 40.3. The van der Waals surface area contributed by atoms with E-state index in [2.05, 4.69) is 0 Å². The van der Waals surface area contributed by atoms with Crippen LogP contribution in [0.4, 0.5) is 0 Å². The monoisotopic (exact) mass is 1090 g/mol. The second kappa shape index (κ2) is 22.2. The number of ether oxygens (including phenoxy) is 1. The van der Waals surface area contributed by atoms with E-state index in [0.29, 0.717) is 0 Å².